The highest BCUT2D eigenvalue weighted by molar-refractivity contribution is 4.87. The lowest BCUT2D eigenvalue weighted by atomic mass is 9.76. The molecule has 0 unspecified atom stereocenters. The van der Waals surface area contributed by atoms with Gasteiger partial charge >= 0.3 is 6.18 Å². The van der Waals surface area contributed by atoms with Gasteiger partial charge < -0.3 is 5.11 Å². The van der Waals surface area contributed by atoms with Crippen LogP contribution in [0.25, 0.3) is 0 Å². The Bertz CT molecular complexity index is 242. The van der Waals surface area contributed by atoms with Crippen molar-refractivity contribution >= 4 is 0 Å². The van der Waals surface area contributed by atoms with E-state index in [4.69, 9.17) is 0 Å². The van der Waals surface area contributed by atoms with Crippen LogP contribution in [0.1, 0.15) is 77.6 Å². The van der Waals surface area contributed by atoms with E-state index < -0.39 is 17.7 Å². The van der Waals surface area contributed by atoms with Gasteiger partial charge in [0, 0.05) is 0 Å². The largest absolute Gasteiger partial charge is 0.391 e. The summed E-state index contributed by atoms with van der Waals surface area (Å²) in [5.74, 6) is -1.20. The molecule has 0 spiro atoms. The molecule has 0 heterocycles. The second-order valence-electron chi connectivity index (χ2n) is 6.06. The van der Waals surface area contributed by atoms with E-state index in [2.05, 4.69) is 6.92 Å². The normalized spacial score (nSPS) is 28.6. The lowest BCUT2D eigenvalue weighted by Crippen LogP contribution is -2.38. The lowest BCUT2D eigenvalue weighted by Gasteiger charge is -2.36. The number of hydrogen-bond donors (Lipinski definition) is 1. The Labute approximate surface area is 114 Å². The van der Waals surface area contributed by atoms with E-state index in [0.29, 0.717) is 19.3 Å². The zero-order valence-electron chi connectivity index (χ0n) is 11.9. The summed E-state index contributed by atoms with van der Waals surface area (Å²) in [6, 6.07) is 0. The van der Waals surface area contributed by atoms with Crippen LogP contribution in [-0.2, 0) is 0 Å². The summed E-state index contributed by atoms with van der Waals surface area (Å²) in [7, 11) is 0. The second kappa shape index (κ2) is 7.51. The molecule has 1 N–H and O–H groups in total. The van der Waals surface area contributed by atoms with Crippen LogP contribution in [0.3, 0.4) is 0 Å². The van der Waals surface area contributed by atoms with E-state index in [1.807, 2.05) is 0 Å². The van der Waals surface area contributed by atoms with Gasteiger partial charge in [-0.2, -0.15) is 13.2 Å². The molecule has 0 aromatic heterocycles. The van der Waals surface area contributed by atoms with Crippen LogP contribution < -0.4 is 0 Å². The van der Waals surface area contributed by atoms with Crippen molar-refractivity contribution < 1.29 is 18.3 Å². The first-order chi connectivity index (χ1) is 8.87. The quantitative estimate of drug-likeness (QED) is 0.634. The van der Waals surface area contributed by atoms with Gasteiger partial charge in [0.05, 0.1) is 11.5 Å². The molecule has 0 atom stereocenters. The molecule has 19 heavy (non-hydrogen) atoms. The first-order valence-corrected chi connectivity index (χ1v) is 7.66. The van der Waals surface area contributed by atoms with Gasteiger partial charge in [-0.3, -0.25) is 0 Å². The number of rotatable bonds is 7. The number of alkyl halides is 3. The van der Waals surface area contributed by atoms with Gasteiger partial charge in [0.15, 0.2) is 0 Å². The summed E-state index contributed by atoms with van der Waals surface area (Å²) < 4.78 is 37.6. The highest BCUT2D eigenvalue weighted by atomic mass is 19.4. The summed E-state index contributed by atoms with van der Waals surface area (Å²) >= 11 is 0. The summed E-state index contributed by atoms with van der Waals surface area (Å²) in [6.07, 6.45) is 4.29. The van der Waals surface area contributed by atoms with Crippen LogP contribution in [0, 0.1) is 5.92 Å². The number of halogens is 3. The molecule has 114 valence electrons. The molecule has 1 aliphatic carbocycles. The van der Waals surface area contributed by atoms with Crippen LogP contribution in [0.15, 0.2) is 0 Å². The van der Waals surface area contributed by atoms with E-state index in [9.17, 15) is 18.3 Å². The van der Waals surface area contributed by atoms with Gasteiger partial charge in [-0.25, -0.2) is 0 Å². The van der Waals surface area contributed by atoms with Crippen LogP contribution in [0.4, 0.5) is 13.2 Å². The SMILES string of the molecule is CCCCCCCCC1(O)CCC(C(F)(F)F)CC1. The van der Waals surface area contributed by atoms with Crippen molar-refractivity contribution in [3.63, 3.8) is 0 Å². The molecule has 0 bridgehead atoms. The summed E-state index contributed by atoms with van der Waals surface area (Å²) in [6.45, 7) is 2.17. The van der Waals surface area contributed by atoms with Gasteiger partial charge in [0.1, 0.15) is 0 Å². The molecule has 1 saturated carbocycles. The standard InChI is InChI=1S/C15H27F3O/c1-2-3-4-5-6-7-10-14(19)11-8-13(9-12-14)15(16,17)18/h13,19H,2-12H2,1H3. The maximum Gasteiger partial charge on any atom is 0.391 e. The first-order valence-electron chi connectivity index (χ1n) is 7.66. The molecule has 0 aromatic carbocycles. The molecule has 1 nitrogen and oxygen atoms in total. The average molecular weight is 280 g/mol. The molecular formula is C15H27F3O. The lowest BCUT2D eigenvalue weighted by molar-refractivity contribution is -0.192. The van der Waals surface area contributed by atoms with E-state index in [0.717, 1.165) is 12.8 Å². The van der Waals surface area contributed by atoms with E-state index in [1.165, 1.54) is 25.7 Å². The Morgan fingerprint density at radius 2 is 1.53 bits per heavy atom. The van der Waals surface area contributed by atoms with Crippen molar-refractivity contribution in [1.82, 2.24) is 0 Å². The number of aliphatic hydroxyl groups is 1. The van der Waals surface area contributed by atoms with Crippen LogP contribution in [0.2, 0.25) is 0 Å². The van der Waals surface area contributed by atoms with Crippen LogP contribution in [-0.4, -0.2) is 16.9 Å². The van der Waals surface area contributed by atoms with Crippen LogP contribution >= 0.6 is 0 Å². The van der Waals surface area contributed by atoms with E-state index in [-0.39, 0.29) is 12.8 Å². The molecule has 1 fully saturated rings. The maximum atomic E-state index is 12.5. The molecule has 0 amide bonds. The minimum atomic E-state index is -4.08. The first kappa shape index (κ1) is 16.8. The smallest absolute Gasteiger partial charge is 0.390 e. The van der Waals surface area contributed by atoms with Gasteiger partial charge in [0.25, 0.3) is 0 Å². The molecule has 4 heteroatoms. The molecule has 1 rings (SSSR count). The predicted molar refractivity (Wildman–Crippen MR) is 71.0 cm³/mol. The average Bonchev–Trinajstić information content (AvgIpc) is 2.33. The second-order valence-corrected chi connectivity index (χ2v) is 6.06. The van der Waals surface area contributed by atoms with Gasteiger partial charge in [0.2, 0.25) is 0 Å². The van der Waals surface area contributed by atoms with E-state index >= 15 is 0 Å². The van der Waals surface area contributed by atoms with E-state index in [1.54, 1.807) is 0 Å². The summed E-state index contributed by atoms with van der Waals surface area (Å²) in [4.78, 5) is 0. The van der Waals surface area contributed by atoms with Gasteiger partial charge in [-0.15, -0.1) is 0 Å². The van der Waals surface area contributed by atoms with Crippen molar-refractivity contribution in [1.29, 1.82) is 0 Å². The highest BCUT2D eigenvalue weighted by Gasteiger charge is 2.44. The van der Waals surface area contributed by atoms with Crippen molar-refractivity contribution in [2.24, 2.45) is 5.92 Å². The third kappa shape index (κ3) is 6.15. The number of hydrogen-bond acceptors (Lipinski definition) is 1. The molecule has 0 saturated heterocycles. The Morgan fingerprint density at radius 3 is 2.05 bits per heavy atom. The fourth-order valence-corrected chi connectivity index (χ4v) is 2.97. The zero-order chi connectivity index (χ0) is 14.4. The molecule has 0 radical (unpaired) electrons. The number of unbranched alkanes of at least 4 members (excludes halogenated alkanes) is 5. The Hall–Kier alpha value is -0.250. The summed E-state index contributed by atoms with van der Waals surface area (Å²) in [5.41, 5.74) is -0.827. The maximum absolute atomic E-state index is 12.5. The molecule has 0 aliphatic heterocycles. The topological polar surface area (TPSA) is 20.2 Å². The fraction of sp³-hybridized carbons (Fsp3) is 1.00. The Kier molecular flexibility index (Phi) is 6.64. The molecule has 1 aliphatic rings. The van der Waals surface area contributed by atoms with Crippen molar-refractivity contribution in [3.05, 3.63) is 0 Å². The third-order valence-electron chi connectivity index (χ3n) is 4.37. The monoisotopic (exact) mass is 280 g/mol. The van der Waals surface area contributed by atoms with Gasteiger partial charge in [-0.1, -0.05) is 45.4 Å². The minimum absolute atomic E-state index is 0.0931. The van der Waals surface area contributed by atoms with Crippen LogP contribution in [0.5, 0.6) is 0 Å². The minimum Gasteiger partial charge on any atom is -0.390 e. The van der Waals surface area contributed by atoms with Crippen molar-refractivity contribution in [2.45, 2.75) is 89.3 Å². The molecular weight excluding hydrogens is 253 g/mol. The Morgan fingerprint density at radius 1 is 1.00 bits per heavy atom. The fourth-order valence-electron chi connectivity index (χ4n) is 2.97. The predicted octanol–water partition coefficient (Wildman–Crippen LogP) is 5.22. The molecule has 0 aromatic rings. The highest BCUT2D eigenvalue weighted by Crippen LogP contribution is 2.42. The van der Waals surface area contributed by atoms with Gasteiger partial charge in [-0.05, 0) is 32.1 Å². The Balaban J connectivity index is 2.17. The zero-order valence-corrected chi connectivity index (χ0v) is 11.9. The third-order valence-corrected chi connectivity index (χ3v) is 4.37. The van der Waals surface area contributed by atoms with Crippen molar-refractivity contribution in [3.8, 4) is 0 Å². The summed E-state index contributed by atoms with van der Waals surface area (Å²) in [5, 5.41) is 10.3. The van der Waals surface area contributed by atoms with Crippen molar-refractivity contribution in [2.75, 3.05) is 0 Å².